The van der Waals surface area contributed by atoms with Crippen LogP contribution in [0.5, 0.6) is 5.75 Å². The van der Waals surface area contributed by atoms with Crippen LogP contribution in [0.2, 0.25) is 0 Å². The second-order valence-corrected chi connectivity index (χ2v) is 5.75. The first-order chi connectivity index (χ1) is 9.10. The Kier molecular flexibility index (Phi) is 4.80. The molecule has 0 bridgehead atoms. The number of nitrogens with zero attached hydrogens (tertiary/aromatic N) is 1. The van der Waals surface area contributed by atoms with Gasteiger partial charge in [-0.25, -0.2) is 0 Å². The van der Waals surface area contributed by atoms with E-state index in [2.05, 4.69) is 22.9 Å². The highest BCUT2D eigenvalue weighted by Gasteiger charge is 2.23. The summed E-state index contributed by atoms with van der Waals surface area (Å²) in [5.41, 5.74) is 0.951. The van der Waals surface area contributed by atoms with E-state index in [0.717, 1.165) is 37.2 Å². The van der Waals surface area contributed by atoms with Crippen LogP contribution in [0.25, 0.3) is 0 Å². The second kappa shape index (κ2) is 6.37. The molecule has 0 spiro atoms. The summed E-state index contributed by atoms with van der Waals surface area (Å²) in [5, 5.41) is 11.7. The molecule has 0 atom stereocenters. The SMILES string of the molecule is CC1CCC(Oc2ccc(CBr)cc2[N+](=O)[O-])CC1. The predicted molar refractivity (Wildman–Crippen MR) is 77.8 cm³/mol. The zero-order chi connectivity index (χ0) is 13.8. The number of hydrogen-bond donors (Lipinski definition) is 0. The minimum atomic E-state index is -0.368. The minimum Gasteiger partial charge on any atom is -0.484 e. The molecular formula is C14H18BrNO3. The Bertz CT molecular complexity index is 456. The summed E-state index contributed by atoms with van der Waals surface area (Å²) in [6.07, 6.45) is 4.36. The lowest BCUT2D eigenvalue weighted by molar-refractivity contribution is -0.386. The van der Waals surface area contributed by atoms with Crippen LogP contribution in [-0.4, -0.2) is 11.0 Å². The van der Waals surface area contributed by atoms with E-state index < -0.39 is 0 Å². The highest BCUT2D eigenvalue weighted by molar-refractivity contribution is 9.08. The number of rotatable bonds is 4. The Balaban J connectivity index is 2.13. The topological polar surface area (TPSA) is 52.4 Å². The van der Waals surface area contributed by atoms with Crippen molar-refractivity contribution in [1.29, 1.82) is 0 Å². The van der Waals surface area contributed by atoms with Crippen LogP contribution in [0, 0.1) is 16.0 Å². The summed E-state index contributed by atoms with van der Waals surface area (Å²) in [4.78, 5) is 10.7. The zero-order valence-corrected chi connectivity index (χ0v) is 12.6. The number of nitro benzene ring substituents is 1. The van der Waals surface area contributed by atoms with Crippen LogP contribution in [0.3, 0.4) is 0 Å². The van der Waals surface area contributed by atoms with Crippen LogP contribution in [0.15, 0.2) is 18.2 Å². The molecule has 104 valence electrons. The maximum absolute atomic E-state index is 11.1. The van der Waals surface area contributed by atoms with Crippen LogP contribution >= 0.6 is 15.9 Å². The summed E-state index contributed by atoms with van der Waals surface area (Å²) in [7, 11) is 0. The zero-order valence-electron chi connectivity index (χ0n) is 11.0. The number of nitro groups is 1. The van der Waals surface area contributed by atoms with Gasteiger partial charge in [-0.1, -0.05) is 28.9 Å². The van der Waals surface area contributed by atoms with Gasteiger partial charge in [0.05, 0.1) is 11.0 Å². The lowest BCUT2D eigenvalue weighted by Gasteiger charge is -2.26. The number of hydrogen-bond acceptors (Lipinski definition) is 3. The fourth-order valence-corrected chi connectivity index (χ4v) is 2.76. The van der Waals surface area contributed by atoms with Gasteiger partial charge in [0.1, 0.15) is 0 Å². The molecule has 1 aromatic carbocycles. The molecular weight excluding hydrogens is 310 g/mol. The lowest BCUT2D eigenvalue weighted by atomic mass is 9.89. The van der Waals surface area contributed by atoms with Gasteiger partial charge in [-0.2, -0.15) is 0 Å². The van der Waals surface area contributed by atoms with Crippen molar-refractivity contribution in [2.24, 2.45) is 5.92 Å². The minimum absolute atomic E-state index is 0.0653. The highest BCUT2D eigenvalue weighted by atomic mass is 79.9. The Labute approximate surface area is 121 Å². The summed E-state index contributed by atoms with van der Waals surface area (Å²) < 4.78 is 5.84. The quantitative estimate of drug-likeness (QED) is 0.466. The van der Waals surface area contributed by atoms with E-state index in [1.165, 1.54) is 0 Å². The van der Waals surface area contributed by atoms with Crippen LogP contribution in [0.1, 0.15) is 38.2 Å². The maximum atomic E-state index is 11.1. The normalized spacial score (nSPS) is 23.1. The third-order valence-corrected chi connectivity index (χ3v) is 4.28. The van der Waals surface area contributed by atoms with Crippen molar-refractivity contribution in [1.82, 2.24) is 0 Å². The van der Waals surface area contributed by atoms with E-state index in [9.17, 15) is 10.1 Å². The summed E-state index contributed by atoms with van der Waals surface area (Å²) >= 11 is 3.31. The van der Waals surface area contributed by atoms with E-state index in [1.807, 2.05) is 6.07 Å². The molecule has 0 aliphatic heterocycles. The van der Waals surface area contributed by atoms with Gasteiger partial charge in [-0.15, -0.1) is 0 Å². The van der Waals surface area contributed by atoms with E-state index in [0.29, 0.717) is 11.1 Å². The fourth-order valence-electron chi connectivity index (χ4n) is 2.42. The van der Waals surface area contributed by atoms with Gasteiger partial charge in [0.2, 0.25) is 0 Å². The molecule has 4 nitrogen and oxygen atoms in total. The van der Waals surface area contributed by atoms with Crippen LogP contribution in [0.4, 0.5) is 5.69 Å². The van der Waals surface area contributed by atoms with Crippen molar-refractivity contribution in [2.75, 3.05) is 0 Å². The number of halogens is 1. The van der Waals surface area contributed by atoms with Crippen molar-refractivity contribution in [3.05, 3.63) is 33.9 Å². The molecule has 1 aliphatic carbocycles. The first-order valence-electron chi connectivity index (χ1n) is 6.60. The molecule has 1 aliphatic rings. The van der Waals surface area contributed by atoms with Crippen molar-refractivity contribution in [3.63, 3.8) is 0 Å². The third-order valence-electron chi connectivity index (χ3n) is 3.63. The first-order valence-corrected chi connectivity index (χ1v) is 7.72. The molecule has 0 saturated heterocycles. The average molecular weight is 328 g/mol. The number of alkyl halides is 1. The van der Waals surface area contributed by atoms with Crippen molar-refractivity contribution >= 4 is 21.6 Å². The highest BCUT2D eigenvalue weighted by Crippen LogP contribution is 2.33. The van der Waals surface area contributed by atoms with E-state index in [-0.39, 0.29) is 16.7 Å². The summed E-state index contributed by atoms with van der Waals surface area (Å²) in [5.74, 6) is 1.14. The van der Waals surface area contributed by atoms with Gasteiger partial charge in [0, 0.05) is 11.4 Å². The van der Waals surface area contributed by atoms with E-state index >= 15 is 0 Å². The van der Waals surface area contributed by atoms with E-state index in [1.54, 1.807) is 12.1 Å². The smallest absolute Gasteiger partial charge is 0.311 e. The van der Waals surface area contributed by atoms with Crippen molar-refractivity contribution in [3.8, 4) is 5.75 Å². The maximum Gasteiger partial charge on any atom is 0.311 e. The molecule has 0 aromatic heterocycles. The molecule has 0 radical (unpaired) electrons. The molecule has 2 rings (SSSR count). The van der Waals surface area contributed by atoms with Gasteiger partial charge >= 0.3 is 5.69 Å². The monoisotopic (exact) mass is 327 g/mol. The molecule has 0 heterocycles. The molecule has 1 aromatic rings. The molecule has 0 amide bonds. The summed E-state index contributed by atoms with van der Waals surface area (Å²) in [6, 6.07) is 5.16. The number of benzene rings is 1. The molecule has 0 unspecified atom stereocenters. The summed E-state index contributed by atoms with van der Waals surface area (Å²) in [6.45, 7) is 2.24. The lowest BCUT2D eigenvalue weighted by Crippen LogP contribution is -2.23. The van der Waals surface area contributed by atoms with Gasteiger partial charge in [0.25, 0.3) is 0 Å². The Morgan fingerprint density at radius 3 is 2.63 bits per heavy atom. The molecule has 19 heavy (non-hydrogen) atoms. The average Bonchev–Trinajstić information content (AvgIpc) is 2.41. The standard InChI is InChI=1S/C14H18BrNO3/c1-10-2-5-12(6-3-10)19-14-7-4-11(9-15)8-13(14)16(17)18/h4,7-8,10,12H,2-3,5-6,9H2,1H3. The van der Waals surface area contributed by atoms with Crippen molar-refractivity contribution < 1.29 is 9.66 Å². The first kappa shape index (κ1) is 14.3. The largest absolute Gasteiger partial charge is 0.484 e. The molecule has 1 saturated carbocycles. The van der Waals surface area contributed by atoms with Crippen LogP contribution in [-0.2, 0) is 5.33 Å². The third kappa shape index (κ3) is 3.69. The second-order valence-electron chi connectivity index (χ2n) is 5.19. The Morgan fingerprint density at radius 2 is 2.05 bits per heavy atom. The van der Waals surface area contributed by atoms with Crippen molar-refractivity contribution in [2.45, 2.75) is 44.0 Å². The van der Waals surface area contributed by atoms with Crippen LogP contribution < -0.4 is 4.74 Å². The molecule has 0 N–H and O–H groups in total. The molecule has 5 heteroatoms. The number of ether oxygens (including phenoxy) is 1. The Morgan fingerprint density at radius 1 is 1.37 bits per heavy atom. The van der Waals surface area contributed by atoms with Gasteiger partial charge in [-0.05, 0) is 43.2 Å². The van der Waals surface area contributed by atoms with Gasteiger partial charge in [0.15, 0.2) is 5.75 Å². The predicted octanol–water partition coefficient (Wildman–Crippen LogP) is 4.45. The molecule has 1 fully saturated rings. The Hall–Kier alpha value is -1.10. The van der Waals surface area contributed by atoms with Gasteiger partial charge in [-0.3, -0.25) is 10.1 Å². The van der Waals surface area contributed by atoms with Gasteiger partial charge < -0.3 is 4.74 Å². The fraction of sp³-hybridized carbons (Fsp3) is 0.571. The van der Waals surface area contributed by atoms with E-state index in [4.69, 9.17) is 4.74 Å².